The molecule has 2 rings (SSSR count). The normalized spacial score (nSPS) is 23.9. The maximum absolute atomic E-state index is 14.5. The van der Waals surface area contributed by atoms with Crippen LogP contribution in [0.1, 0.15) is 35.1 Å². The maximum Gasteiger partial charge on any atom is 0.346 e. The lowest BCUT2D eigenvalue weighted by Crippen LogP contribution is -2.36. The summed E-state index contributed by atoms with van der Waals surface area (Å²) >= 11 is 0. The van der Waals surface area contributed by atoms with E-state index in [1.807, 2.05) is 13.0 Å². The van der Waals surface area contributed by atoms with Crippen LogP contribution in [0.2, 0.25) is 0 Å². The van der Waals surface area contributed by atoms with Gasteiger partial charge in [0.05, 0.1) is 0 Å². The first-order valence-corrected chi connectivity index (χ1v) is 5.48. The quantitative estimate of drug-likeness (QED) is 0.793. The number of benzene rings is 1. The van der Waals surface area contributed by atoms with Crippen LogP contribution >= 0.6 is 0 Å². The number of rotatable bonds is 1. The molecule has 1 unspecified atom stereocenters. The minimum absolute atomic E-state index is 0.0830. The predicted octanol–water partition coefficient (Wildman–Crippen LogP) is 2.89. The van der Waals surface area contributed by atoms with Gasteiger partial charge in [0.25, 0.3) is 0 Å². The fourth-order valence-electron chi connectivity index (χ4n) is 2.59. The molecule has 2 nitrogen and oxygen atoms in total. The summed E-state index contributed by atoms with van der Waals surface area (Å²) in [5, 5.41) is 9.08. The van der Waals surface area contributed by atoms with Gasteiger partial charge in [0.1, 0.15) is 0 Å². The van der Waals surface area contributed by atoms with E-state index in [4.69, 9.17) is 5.11 Å². The molecule has 1 N–H and O–H groups in total. The summed E-state index contributed by atoms with van der Waals surface area (Å²) in [4.78, 5) is 11.1. The van der Waals surface area contributed by atoms with Crippen molar-refractivity contribution in [2.24, 2.45) is 0 Å². The Kier molecular flexibility index (Phi) is 2.49. The highest BCUT2D eigenvalue weighted by Gasteiger charge is 2.45. The maximum atomic E-state index is 14.5. The molecule has 16 heavy (non-hydrogen) atoms. The number of hydrogen-bond donors (Lipinski definition) is 1. The van der Waals surface area contributed by atoms with E-state index in [0.29, 0.717) is 12.0 Å². The van der Waals surface area contributed by atoms with Gasteiger partial charge in [0.15, 0.2) is 0 Å². The Morgan fingerprint density at radius 2 is 2.00 bits per heavy atom. The number of fused-ring (bicyclic) bond motifs is 1. The molecule has 0 spiro atoms. The molecule has 1 aliphatic carbocycles. The Balaban J connectivity index is 2.71. The van der Waals surface area contributed by atoms with Crippen molar-refractivity contribution in [3.8, 4) is 0 Å². The van der Waals surface area contributed by atoms with E-state index < -0.39 is 11.6 Å². The fraction of sp³-hybridized carbons (Fsp3) is 0.462. The van der Waals surface area contributed by atoms with E-state index in [1.54, 1.807) is 13.0 Å². The van der Waals surface area contributed by atoms with Crippen LogP contribution < -0.4 is 0 Å². The summed E-state index contributed by atoms with van der Waals surface area (Å²) in [5.41, 5.74) is 0.820. The molecule has 1 aliphatic rings. The van der Waals surface area contributed by atoms with Crippen molar-refractivity contribution in [2.75, 3.05) is 0 Å². The first-order chi connectivity index (χ1) is 7.47. The van der Waals surface area contributed by atoms with Gasteiger partial charge in [-0.25, -0.2) is 9.18 Å². The van der Waals surface area contributed by atoms with Crippen LogP contribution in [0.15, 0.2) is 12.1 Å². The highest BCUT2D eigenvalue weighted by atomic mass is 19.1. The summed E-state index contributed by atoms with van der Waals surface area (Å²) in [6, 6.07) is 3.73. The van der Waals surface area contributed by atoms with Crippen molar-refractivity contribution in [1.29, 1.82) is 0 Å². The van der Waals surface area contributed by atoms with Crippen molar-refractivity contribution >= 4 is 5.97 Å². The van der Waals surface area contributed by atoms with Crippen LogP contribution in [0.3, 0.4) is 0 Å². The monoisotopic (exact) mass is 222 g/mol. The highest BCUT2D eigenvalue weighted by molar-refractivity contribution is 5.81. The molecule has 1 atom stereocenters. The minimum Gasteiger partial charge on any atom is -0.479 e. The molecule has 0 saturated heterocycles. The van der Waals surface area contributed by atoms with E-state index in [-0.39, 0.29) is 6.42 Å². The second kappa shape index (κ2) is 3.58. The summed E-state index contributed by atoms with van der Waals surface area (Å²) in [6.45, 7) is 3.69. The van der Waals surface area contributed by atoms with Crippen LogP contribution in [0.5, 0.6) is 0 Å². The topological polar surface area (TPSA) is 37.3 Å². The molecule has 0 radical (unpaired) electrons. The first kappa shape index (κ1) is 11.1. The van der Waals surface area contributed by atoms with Gasteiger partial charge in [-0.3, -0.25) is 0 Å². The lowest BCUT2D eigenvalue weighted by molar-refractivity contribution is -0.152. The number of hydrogen-bond acceptors (Lipinski definition) is 1. The van der Waals surface area contributed by atoms with Gasteiger partial charge in [-0.2, -0.15) is 0 Å². The van der Waals surface area contributed by atoms with E-state index in [2.05, 4.69) is 0 Å². The third kappa shape index (κ3) is 1.42. The Labute approximate surface area is 94.1 Å². The van der Waals surface area contributed by atoms with Gasteiger partial charge in [-0.1, -0.05) is 12.1 Å². The standard InChI is InChI=1S/C13H15FO2/c1-8-5-6-9(2)11-10(8)4-3-7-13(11,14)12(15)16/h5-6H,3-4,7H2,1-2H3,(H,15,16). The van der Waals surface area contributed by atoms with Gasteiger partial charge < -0.3 is 5.11 Å². The van der Waals surface area contributed by atoms with Crippen molar-refractivity contribution in [3.63, 3.8) is 0 Å². The molecule has 0 amide bonds. The van der Waals surface area contributed by atoms with Gasteiger partial charge in [0, 0.05) is 5.56 Å². The number of carbonyl (C=O) groups is 1. The average molecular weight is 222 g/mol. The van der Waals surface area contributed by atoms with Crippen LogP contribution in [0, 0.1) is 13.8 Å². The molecule has 0 heterocycles. The van der Waals surface area contributed by atoms with Crippen LogP contribution in [-0.2, 0) is 16.9 Å². The molecule has 1 aromatic rings. The lowest BCUT2D eigenvalue weighted by atomic mass is 9.76. The van der Waals surface area contributed by atoms with Gasteiger partial charge >= 0.3 is 5.97 Å². The first-order valence-electron chi connectivity index (χ1n) is 5.48. The molecule has 1 aromatic carbocycles. The molecular formula is C13H15FO2. The number of carboxylic acid groups (broad SMARTS) is 1. The molecule has 0 fully saturated rings. The zero-order valence-electron chi connectivity index (χ0n) is 9.51. The second-order valence-corrected chi connectivity index (χ2v) is 4.51. The van der Waals surface area contributed by atoms with Crippen LogP contribution in [0.25, 0.3) is 0 Å². The Hall–Kier alpha value is -1.38. The van der Waals surface area contributed by atoms with Crippen molar-refractivity contribution in [1.82, 2.24) is 0 Å². The average Bonchev–Trinajstić information content (AvgIpc) is 2.23. The molecule has 0 aromatic heterocycles. The van der Waals surface area contributed by atoms with Crippen LogP contribution in [-0.4, -0.2) is 11.1 Å². The molecular weight excluding hydrogens is 207 g/mol. The van der Waals surface area contributed by atoms with E-state index >= 15 is 0 Å². The van der Waals surface area contributed by atoms with Crippen molar-refractivity contribution in [2.45, 2.75) is 38.8 Å². The van der Waals surface area contributed by atoms with E-state index in [1.165, 1.54) is 0 Å². The number of alkyl halides is 1. The summed E-state index contributed by atoms with van der Waals surface area (Å²) in [5.74, 6) is -1.36. The van der Waals surface area contributed by atoms with Crippen molar-refractivity contribution in [3.05, 3.63) is 34.4 Å². The molecule has 86 valence electrons. The summed E-state index contributed by atoms with van der Waals surface area (Å²) in [7, 11) is 0. The third-order valence-corrected chi connectivity index (χ3v) is 3.44. The highest BCUT2D eigenvalue weighted by Crippen LogP contribution is 2.41. The smallest absolute Gasteiger partial charge is 0.346 e. The zero-order chi connectivity index (χ0) is 11.9. The largest absolute Gasteiger partial charge is 0.479 e. The van der Waals surface area contributed by atoms with Crippen molar-refractivity contribution < 1.29 is 14.3 Å². The Bertz CT molecular complexity index is 453. The summed E-state index contributed by atoms with van der Waals surface area (Å²) in [6.07, 6.45) is 1.46. The fourth-order valence-corrected chi connectivity index (χ4v) is 2.59. The molecule has 3 heteroatoms. The van der Waals surface area contributed by atoms with Gasteiger partial charge in [0.2, 0.25) is 5.67 Å². The molecule has 0 bridgehead atoms. The molecule has 0 aliphatic heterocycles. The Morgan fingerprint density at radius 3 is 2.62 bits per heavy atom. The van der Waals surface area contributed by atoms with Gasteiger partial charge in [-0.05, 0) is 49.8 Å². The summed E-state index contributed by atoms with van der Waals surface area (Å²) < 4.78 is 14.5. The van der Waals surface area contributed by atoms with E-state index in [9.17, 15) is 9.18 Å². The lowest BCUT2D eigenvalue weighted by Gasteiger charge is -2.31. The van der Waals surface area contributed by atoms with Crippen LogP contribution in [0.4, 0.5) is 4.39 Å². The zero-order valence-corrected chi connectivity index (χ0v) is 9.51. The Morgan fingerprint density at radius 1 is 1.38 bits per heavy atom. The predicted molar refractivity (Wildman–Crippen MR) is 59.3 cm³/mol. The second-order valence-electron chi connectivity index (χ2n) is 4.51. The number of halogens is 1. The SMILES string of the molecule is Cc1ccc(C)c2c1CCCC2(F)C(=O)O. The number of aliphatic carboxylic acids is 1. The molecule has 0 saturated carbocycles. The van der Waals surface area contributed by atoms with Gasteiger partial charge in [-0.15, -0.1) is 0 Å². The minimum atomic E-state index is -2.19. The van der Waals surface area contributed by atoms with E-state index in [0.717, 1.165) is 23.1 Å². The number of aryl methyl sites for hydroxylation is 2. The number of carboxylic acids is 1. The third-order valence-electron chi connectivity index (χ3n) is 3.44.